The predicted octanol–water partition coefficient (Wildman–Crippen LogP) is 3.90. The van der Waals surface area contributed by atoms with E-state index in [9.17, 15) is 4.79 Å². The van der Waals surface area contributed by atoms with Gasteiger partial charge in [0.25, 0.3) is 0 Å². The number of carbonyl (C=O) groups is 1. The average Bonchev–Trinajstić information content (AvgIpc) is 2.54. The topological polar surface area (TPSA) is 50.4 Å². The molecule has 0 radical (unpaired) electrons. The van der Waals surface area contributed by atoms with E-state index in [4.69, 9.17) is 4.74 Å². The molecule has 0 spiro atoms. The van der Waals surface area contributed by atoms with Crippen LogP contribution in [0, 0.1) is 0 Å². The summed E-state index contributed by atoms with van der Waals surface area (Å²) in [4.78, 5) is 12.4. The van der Waals surface area contributed by atoms with Crippen molar-refractivity contribution in [3.8, 4) is 5.75 Å². The number of urea groups is 1. The molecule has 0 aromatic heterocycles. The van der Waals surface area contributed by atoms with Gasteiger partial charge in [0.05, 0.1) is 12.6 Å². The number of benzene rings is 1. The molecule has 2 amide bonds. The van der Waals surface area contributed by atoms with E-state index in [1.807, 2.05) is 49.9 Å². The van der Waals surface area contributed by atoms with Crippen LogP contribution in [0.3, 0.4) is 0 Å². The fourth-order valence-corrected chi connectivity index (χ4v) is 4.05. The lowest BCUT2D eigenvalue weighted by molar-refractivity contribution is 0.221. The molecule has 2 rings (SSSR count). The summed E-state index contributed by atoms with van der Waals surface area (Å²) in [5.41, 5.74) is 0.479. The third kappa shape index (κ3) is 4.80. The van der Waals surface area contributed by atoms with Crippen molar-refractivity contribution in [1.82, 2.24) is 10.6 Å². The maximum absolute atomic E-state index is 12.4. The average molecular weight is 337 g/mol. The van der Waals surface area contributed by atoms with Crippen LogP contribution < -0.4 is 15.4 Å². The monoisotopic (exact) mass is 336 g/mol. The van der Waals surface area contributed by atoms with E-state index in [-0.39, 0.29) is 12.1 Å². The number of thioether (sulfide) groups is 1. The molecule has 2 atom stereocenters. The van der Waals surface area contributed by atoms with E-state index in [0.717, 1.165) is 24.2 Å². The van der Waals surface area contributed by atoms with Crippen molar-refractivity contribution in [3.63, 3.8) is 0 Å². The Morgan fingerprint density at radius 3 is 2.74 bits per heavy atom. The van der Waals surface area contributed by atoms with Crippen LogP contribution in [0.2, 0.25) is 0 Å². The number of para-hydroxylation sites is 1. The van der Waals surface area contributed by atoms with Gasteiger partial charge in [-0.05, 0) is 45.4 Å². The Kier molecular flexibility index (Phi) is 6.22. The number of rotatable bonds is 5. The maximum atomic E-state index is 12.4. The highest BCUT2D eigenvalue weighted by Crippen LogP contribution is 2.30. The standard InChI is InChI=1S/C18H28N2O2S/c1-18(2,15-10-5-6-11-16(15)22-3)20-17(21)19-13-8-7-9-14(12-13)23-4/h5-6,10-11,13-14H,7-9,12H2,1-4H3,(H2,19,20,21)/t13-,14-/m0/s1. The van der Waals surface area contributed by atoms with Gasteiger partial charge in [-0.3, -0.25) is 0 Å². The van der Waals surface area contributed by atoms with E-state index in [1.165, 1.54) is 12.8 Å². The minimum absolute atomic E-state index is 0.104. The number of nitrogens with one attached hydrogen (secondary N) is 2. The van der Waals surface area contributed by atoms with Crippen molar-refractivity contribution in [3.05, 3.63) is 29.8 Å². The number of hydrogen-bond donors (Lipinski definition) is 2. The number of amides is 2. The zero-order valence-corrected chi connectivity index (χ0v) is 15.3. The highest BCUT2D eigenvalue weighted by atomic mass is 32.2. The molecule has 0 bridgehead atoms. The van der Waals surface area contributed by atoms with Crippen LogP contribution in [0.5, 0.6) is 5.75 Å². The number of methoxy groups -OCH3 is 1. The Bertz CT molecular complexity index is 534. The van der Waals surface area contributed by atoms with E-state index in [0.29, 0.717) is 5.25 Å². The normalized spacial score (nSPS) is 21.6. The molecule has 128 valence electrons. The van der Waals surface area contributed by atoms with Crippen molar-refractivity contribution in [2.45, 2.75) is 56.4 Å². The predicted molar refractivity (Wildman–Crippen MR) is 97.2 cm³/mol. The van der Waals surface area contributed by atoms with Crippen LogP contribution in [0.4, 0.5) is 4.79 Å². The first-order valence-electron chi connectivity index (χ1n) is 8.21. The third-order valence-corrected chi connectivity index (χ3v) is 5.60. The fourth-order valence-electron chi connectivity index (χ4n) is 3.22. The van der Waals surface area contributed by atoms with Crippen LogP contribution in [-0.2, 0) is 5.54 Å². The van der Waals surface area contributed by atoms with E-state index < -0.39 is 5.54 Å². The van der Waals surface area contributed by atoms with Gasteiger partial charge in [0.15, 0.2) is 0 Å². The van der Waals surface area contributed by atoms with Crippen molar-refractivity contribution in [2.24, 2.45) is 0 Å². The van der Waals surface area contributed by atoms with Crippen molar-refractivity contribution < 1.29 is 9.53 Å². The first-order chi connectivity index (χ1) is 11.0. The van der Waals surface area contributed by atoms with Gasteiger partial charge in [-0.25, -0.2) is 4.79 Å². The van der Waals surface area contributed by atoms with E-state index >= 15 is 0 Å². The van der Waals surface area contributed by atoms with Crippen LogP contribution in [0.1, 0.15) is 45.1 Å². The summed E-state index contributed by atoms with van der Waals surface area (Å²) in [6.07, 6.45) is 6.72. The Morgan fingerprint density at radius 1 is 1.30 bits per heavy atom. The lowest BCUT2D eigenvalue weighted by Crippen LogP contribution is -2.50. The zero-order chi connectivity index (χ0) is 16.9. The Balaban J connectivity index is 1.98. The maximum Gasteiger partial charge on any atom is 0.315 e. The lowest BCUT2D eigenvalue weighted by atomic mass is 9.93. The third-order valence-electron chi connectivity index (χ3n) is 4.50. The lowest BCUT2D eigenvalue weighted by Gasteiger charge is -2.32. The Morgan fingerprint density at radius 2 is 2.04 bits per heavy atom. The number of carbonyl (C=O) groups excluding carboxylic acids is 1. The second kappa shape index (κ2) is 7.95. The molecule has 1 fully saturated rings. The fraction of sp³-hybridized carbons (Fsp3) is 0.611. The van der Waals surface area contributed by atoms with Gasteiger partial charge >= 0.3 is 6.03 Å². The molecule has 1 aromatic carbocycles. The first kappa shape index (κ1) is 18.0. The highest BCUT2D eigenvalue weighted by molar-refractivity contribution is 7.99. The van der Waals surface area contributed by atoms with E-state index in [1.54, 1.807) is 7.11 Å². The van der Waals surface area contributed by atoms with Crippen LogP contribution in [0.15, 0.2) is 24.3 Å². The van der Waals surface area contributed by atoms with Crippen molar-refractivity contribution in [2.75, 3.05) is 13.4 Å². The zero-order valence-electron chi connectivity index (χ0n) is 14.5. The Hall–Kier alpha value is -1.36. The summed E-state index contributed by atoms with van der Waals surface area (Å²) in [5.74, 6) is 0.790. The van der Waals surface area contributed by atoms with Gasteiger partial charge in [-0.15, -0.1) is 0 Å². The minimum atomic E-state index is -0.496. The number of ether oxygens (including phenoxy) is 1. The van der Waals surface area contributed by atoms with Crippen molar-refractivity contribution in [1.29, 1.82) is 0 Å². The summed E-state index contributed by atoms with van der Waals surface area (Å²) in [6, 6.07) is 7.97. The molecule has 1 aliphatic rings. The van der Waals surface area contributed by atoms with Gasteiger partial charge in [0.2, 0.25) is 0 Å². The first-order valence-corrected chi connectivity index (χ1v) is 9.50. The largest absolute Gasteiger partial charge is 0.496 e. The molecule has 2 N–H and O–H groups in total. The molecule has 0 saturated heterocycles. The molecule has 4 nitrogen and oxygen atoms in total. The summed E-state index contributed by atoms with van der Waals surface area (Å²) in [6.45, 7) is 3.99. The van der Waals surface area contributed by atoms with Gasteiger partial charge in [0, 0.05) is 16.9 Å². The van der Waals surface area contributed by atoms with Crippen molar-refractivity contribution >= 4 is 17.8 Å². The second-order valence-corrected chi connectivity index (χ2v) is 7.78. The molecule has 0 heterocycles. The minimum Gasteiger partial charge on any atom is -0.496 e. The highest BCUT2D eigenvalue weighted by Gasteiger charge is 2.28. The SMILES string of the molecule is COc1ccccc1C(C)(C)NC(=O)N[C@H]1CCC[C@H](SC)C1. The summed E-state index contributed by atoms with van der Waals surface area (Å²) in [7, 11) is 1.65. The quantitative estimate of drug-likeness (QED) is 0.857. The Labute approximate surface area is 143 Å². The molecule has 1 aliphatic carbocycles. The van der Waals surface area contributed by atoms with Crippen LogP contribution >= 0.6 is 11.8 Å². The van der Waals surface area contributed by atoms with Gasteiger partial charge in [-0.2, -0.15) is 11.8 Å². The molecule has 23 heavy (non-hydrogen) atoms. The summed E-state index contributed by atoms with van der Waals surface area (Å²) < 4.78 is 5.42. The molecule has 0 unspecified atom stereocenters. The second-order valence-electron chi connectivity index (χ2n) is 6.64. The van der Waals surface area contributed by atoms with Gasteiger partial charge in [-0.1, -0.05) is 24.6 Å². The molecule has 1 saturated carbocycles. The summed E-state index contributed by atoms with van der Waals surface area (Å²) >= 11 is 1.90. The van der Waals surface area contributed by atoms with Crippen LogP contribution in [0.25, 0.3) is 0 Å². The number of hydrogen-bond acceptors (Lipinski definition) is 3. The summed E-state index contributed by atoms with van der Waals surface area (Å²) in [5, 5.41) is 6.90. The van der Waals surface area contributed by atoms with Crippen LogP contribution in [-0.4, -0.2) is 30.7 Å². The van der Waals surface area contributed by atoms with Gasteiger partial charge in [0.1, 0.15) is 5.75 Å². The molecular weight excluding hydrogens is 308 g/mol. The van der Waals surface area contributed by atoms with Gasteiger partial charge < -0.3 is 15.4 Å². The molecule has 1 aromatic rings. The molecule has 5 heteroatoms. The van der Waals surface area contributed by atoms with E-state index in [2.05, 4.69) is 16.9 Å². The molecule has 0 aliphatic heterocycles. The smallest absolute Gasteiger partial charge is 0.315 e. The molecular formula is C18H28N2O2S.